The van der Waals surface area contributed by atoms with E-state index in [1.165, 1.54) is 0 Å². The Morgan fingerprint density at radius 1 is 0.793 bits per heavy atom. The second-order valence-electron chi connectivity index (χ2n) is 9.00. The topological polar surface area (TPSA) is 64.6 Å². The van der Waals surface area contributed by atoms with Gasteiger partial charge in [0.2, 0.25) is 0 Å². The highest BCUT2D eigenvalue weighted by Crippen LogP contribution is 2.20. The van der Waals surface area contributed by atoms with E-state index >= 15 is 0 Å². The summed E-state index contributed by atoms with van der Waals surface area (Å²) in [6, 6.07) is 17.1. The maximum absolute atomic E-state index is 12.7. The number of amides is 1. The van der Waals surface area contributed by atoms with E-state index in [9.17, 15) is 9.59 Å². The maximum atomic E-state index is 12.7. The van der Waals surface area contributed by atoms with E-state index in [0.717, 1.165) is 16.7 Å². The number of benzene rings is 2. The lowest BCUT2D eigenvalue weighted by Gasteiger charge is -2.26. The molecule has 0 bridgehead atoms. The first-order valence-corrected chi connectivity index (χ1v) is 9.80. The molecule has 5 nitrogen and oxygen atoms in total. The molecule has 0 aliphatic carbocycles. The molecule has 0 unspecified atom stereocenters. The second kappa shape index (κ2) is 9.12. The van der Waals surface area contributed by atoms with E-state index in [4.69, 9.17) is 9.47 Å². The van der Waals surface area contributed by atoms with E-state index in [1.807, 2.05) is 54.6 Å². The SMILES string of the molecule is CC(C)(C)OC(=O)N[C@@H](Cc1ccc(-c2ccccc2)cc1)C(=O)OC(C)(C)C. The second-order valence-corrected chi connectivity index (χ2v) is 9.00. The third-order valence-corrected chi connectivity index (χ3v) is 3.88. The molecule has 1 N–H and O–H groups in total. The van der Waals surface area contributed by atoms with Crippen molar-refractivity contribution >= 4 is 12.1 Å². The molecule has 0 saturated carbocycles. The van der Waals surface area contributed by atoms with Crippen molar-refractivity contribution in [3.8, 4) is 11.1 Å². The quantitative estimate of drug-likeness (QED) is 0.710. The van der Waals surface area contributed by atoms with Crippen molar-refractivity contribution in [1.29, 1.82) is 0 Å². The zero-order valence-corrected chi connectivity index (χ0v) is 18.1. The van der Waals surface area contributed by atoms with Crippen LogP contribution < -0.4 is 5.32 Å². The van der Waals surface area contributed by atoms with E-state index in [0.29, 0.717) is 6.42 Å². The largest absolute Gasteiger partial charge is 0.458 e. The molecule has 2 aromatic rings. The van der Waals surface area contributed by atoms with Crippen molar-refractivity contribution < 1.29 is 19.1 Å². The van der Waals surface area contributed by atoms with Crippen LogP contribution in [-0.4, -0.2) is 29.3 Å². The summed E-state index contributed by atoms with van der Waals surface area (Å²) >= 11 is 0. The van der Waals surface area contributed by atoms with Crippen molar-refractivity contribution in [2.24, 2.45) is 0 Å². The predicted molar refractivity (Wildman–Crippen MR) is 115 cm³/mol. The van der Waals surface area contributed by atoms with Gasteiger partial charge in [-0.3, -0.25) is 0 Å². The molecule has 0 spiro atoms. The first-order valence-electron chi connectivity index (χ1n) is 9.80. The Bertz CT molecular complexity index is 815. The summed E-state index contributed by atoms with van der Waals surface area (Å²) in [6.45, 7) is 10.7. The number of hydrogen-bond acceptors (Lipinski definition) is 4. The minimum atomic E-state index is -0.841. The predicted octanol–water partition coefficient (Wildman–Crippen LogP) is 5.13. The van der Waals surface area contributed by atoms with Crippen LogP contribution >= 0.6 is 0 Å². The van der Waals surface area contributed by atoms with Crippen molar-refractivity contribution in [1.82, 2.24) is 5.32 Å². The van der Waals surface area contributed by atoms with Gasteiger partial charge in [-0.05, 0) is 58.2 Å². The number of nitrogens with one attached hydrogen (secondary N) is 1. The molecule has 5 heteroatoms. The number of ether oxygens (including phenoxy) is 2. The van der Waals surface area contributed by atoms with Gasteiger partial charge in [-0.1, -0.05) is 54.6 Å². The van der Waals surface area contributed by atoms with Gasteiger partial charge in [-0.15, -0.1) is 0 Å². The van der Waals surface area contributed by atoms with Gasteiger partial charge in [-0.25, -0.2) is 9.59 Å². The summed E-state index contributed by atoms with van der Waals surface area (Å²) < 4.78 is 10.8. The molecule has 2 aromatic carbocycles. The van der Waals surface area contributed by atoms with Gasteiger partial charge in [0.05, 0.1) is 0 Å². The van der Waals surface area contributed by atoms with Gasteiger partial charge in [0.1, 0.15) is 17.2 Å². The molecule has 0 aromatic heterocycles. The molecule has 29 heavy (non-hydrogen) atoms. The maximum Gasteiger partial charge on any atom is 0.408 e. The highest BCUT2D eigenvalue weighted by molar-refractivity contribution is 5.82. The van der Waals surface area contributed by atoms with Crippen LogP contribution in [0.1, 0.15) is 47.1 Å². The van der Waals surface area contributed by atoms with Gasteiger partial charge in [0, 0.05) is 6.42 Å². The third-order valence-electron chi connectivity index (χ3n) is 3.88. The van der Waals surface area contributed by atoms with Gasteiger partial charge < -0.3 is 14.8 Å². The van der Waals surface area contributed by atoms with E-state index < -0.39 is 29.3 Å². The Balaban J connectivity index is 2.15. The Morgan fingerprint density at radius 2 is 1.31 bits per heavy atom. The normalized spacial score (nSPS) is 12.8. The summed E-state index contributed by atoms with van der Waals surface area (Å²) in [5.41, 5.74) is 1.82. The monoisotopic (exact) mass is 397 g/mol. The Kier molecular flexibility index (Phi) is 7.07. The molecule has 0 radical (unpaired) electrons. The van der Waals surface area contributed by atoms with Crippen LogP contribution in [0.25, 0.3) is 11.1 Å². The molecule has 1 atom stereocenters. The Labute approximate surface area is 173 Å². The molecule has 0 saturated heterocycles. The summed E-state index contributed by atoms with van der Waals surface area (Å²) in [4.78, 5) is 24.9. The smallest absolute Gasteiger partial charge is 0.408 e. The Morgan fingerprint density at radius 3 is 1.83 bits per heavy atom. The van der Waals surface area contributed by atoms with Crippen LogP contribution in [0.4, 0.5) is 4.79 Å². The number of rotatable bonds is 5. The van der Waals surface area contributed by atoms with E-state index in [1.54, 1.807) is 41.5 Å². The van der Waals surface area contributed by atoms with Crippen LogP contribution in [0, 0.1) is 0 Å². The number of alkyl carbamates (subject to hydrolysis) is 1. The minimum absolute atomic E-state index is 0.309. The van der Waals surface area contributed by atoms with E-state index in [-0.39, 0.29) is 0 Å². The lowest BCUT2D eigenvalue weighted by Crippen LogP contribution is -2.47. The van der Waals surface area contributed by atoms with Gasteiger partial charge >= 0.3 is 12.1 Å². The molecular formula is C24H31NO4. The summed E-state index contributed by atoms with van der Waals surface area (Å²) in [6.07, 6.45) is -0.335. The van der Waals surface area contributed by atoms with Crippen LogP contribution in [0.5, 0.6) is 0 Å². The lowest BCUT2D eigenvalue weighted by molar-refractivity contribution is -0.157. The molecule has 2 rings (SSSR count). The number of esters is 1. The van der Waals surface area contributed by atoms with Crippen molar-refractivity contribution in [2.45, 2.75) is 65.2 Å². The first-order chi connectivity index (χ1) is 13.4. The highest BCUT2D eigenvalue weighted by Gasteiger charge is 2.28. The summed E-state index contributed by atoms with van der Waals surface area (Å²) in [5.74, 6) is -0.490. The van der Waals surface area contributed by atoms with Crippen LogP contribution in [0.3, 0.4) is 0 Å². The van der Waals surface area contributed by atoms with E-state index in [2.05, 4.69) is 5.32 Å². The fourth-order valence-electron chi connectivity index (χ4n) is 2.72. The molecule has 1 amide bonds. The molecule has 0 fully saturated rings. The van der Waals surface area contributed by atoms with Gasteiger partial charge in [-0.2, -0.15) is 0 Å². The van der Waals surface area contributed by atoms with Crippen molar-refractivity contribution in [2.75, 3.05) is 0 Å². The van der Waals surface area contributed by atoms with Crippen molar-refractivity contribution in [3.05, 3.63) is 60.2 Å². The zero-order valence-electron chi connectivity index (χ0n) is 18.1. The molecule has 156 valence electrons. The van der Waals surface area contributed by atoms with Crippen molar-refractivity contribution in [3.63, 3.8) is 0 Å². The summed E-state index contributed by atoms with van der Waals surface area (Å²) in [5, 5.41) is 2.66. The Hall–Kier alpha value is -2.82. The number of hydrogen-bond donors (Lipinski definition) is 1. The zero-order chi connectivity index (χ0) is 21.7. The molecule has 0 aliphatic heterocycles. The highest BCUT2D eigenvalue weighted by atomic mass is 16.6. The molecular weight excluding hydrogens is 366 g/mol. The van der Waals surface area contributed by atoms with Gasteiger partial charge in [0.25, 0.3) is 0 Å². The van der Waals surface area contributed by atoms with Crippen LogP contribution in [0.15, 0.2) is 54.6 Å². The fraction of sp³-hybridized carbons (Fsp3) is 0.417. The average molecular weight is 398 g/mol. The van der Waals surface area contributed by atoms with Gasteiger partial charge in [0.15, 0.2) is 0 Å². The lowest BCUT2D eigenvalue weighted by atomic mass is 10.0. The van der Waals surface area contributed by atoms with Crippen LogP contribution in [0.2, 0.25) is 0 Å². The standard InChI is InChI=1S/C24H31NO4/c1-23(2,3)28-21(26)20(25-22(27)29-24(4,5)6)16-17-12-14-19(15-13-17)18-10-8-7-9-11-18/h7-15,20H,16H2,1-6H3,(H,25,27)/t20-/m0/s1. The third kappa shape index (κ3) is 7.98. The number of carbonyl (C=O) groups is 2. The fourth-order valence-corrected chi connectivity index (χ4v) is 2.72. The summed E-state index contributed by atoms with van der Waals surface area (Å²) in [7, 11) is 0. The van der Waals surface area contributed by atoms with Crippen LogP contribution in [-0.2, 0) is 20.7 Å². The number of carbonyl (C=O) groups excluding carboxylic acids is 2. The molecule has 0 aliphatic rings. The molecule has 0 heterocycles. The average Bonchev–Trinajstić information content (AvgIpc) is 2.59. The first kappa shape index (κ1) is 22.5. The minimum Gasteiger partial charge on any atom is -0.458 e.